The Morgan fingerprint density at radius 2 is 1.86 bits per heavy atom. The molecule has 1 N–H and O–H groups in total. The van der Waals surface area contributed by atoms with Crippen LogP contribution in [0.3, 0.4) is 0 Å². The van der Waals surface area contributed by atoms with E-state index in [0.29, 0.717) is 12.5 Å². The van der Waals surface area contributed by atoms with Crippen LogP contribution in [0.5, 0.6) is 0 Å². The predicted molar refractivity (Wildman–Crippen MR) is 87.5 cm³/mol. The molecule has 2 aromatic carbocycles. The number of hydrogen-bond acceptors (Lipinski definition) is 3. The number of nitrogens with one attached hydrogen (secondary N) is 1. The Kier molecular flexibility index (Phi) is 4.01. The summed E-state index contributed by atoms with van der Waals surface area (Å²) in [6, 6.07) is 18.5. The zero-order valence-corrected chi connectivity index (χ0v) is 12.0. The van der Waals surface area contributed by atoms with Gasteiger partial charge in [-0.15, -0.1) is 0 Å². The van der Waals surface area contributed by atoms with E-state index >= 15 is 0 Å². The van der Waals surface area contributed by atoms with E-state index in [1.165, 1.54) is 5.56 Å². The number of aliphatic imine (C=N–C) groups is 1. The van der Waals surface area contributed by atoms with Crippen molar-refractivity contribution in [2.45, 2.75) is 6.92 Å². The minimum Gasteiger partial charge on any atom is -0.476 e. The fourth-order valence-corrected chi connectivity index (χ4v) is 2.16. The first kappa shape index (κ1) is 13.4. The lowest BCUT2D eigenvalue weighted by Crippen LogP contribution is -2.03. The van der Waals surface area contributed by atoms with Gasteiger partial charge in [0.15, 0.2) is 0 Å². The minimum atomic E-state index is 0.665. The van der Waals surface area contributed by atoms with Gasteiger partial charge in [-0.1, -0.05) is 48.0 Å². The molecule has 0 saturated heterocycles. The number of benzene rings is 2. The third-order valence-electron chi connectivity index (χ3n) is 3.29. The van der Waals surface area contributed by atoms with Crippen LogP contribution in [0.1, 0.15) is 11.1 Å². The molecule has 1 aliphatic rings. The van der Waals surface area contributed by atoms with E-state index in [-0.39, 0.29) is 0 Å². The molecule has 21 heavy (non-hydrogen) atoms. The molecule has 3 nitrogen and oxygen atoms in total. The molecule has 1 heterocycles. The number of para-hydroxylation sites is 1. The van der Waals surface area contributed by atoms with Crippen molar-refractivity contribution in [3.05, 3.63) is 71.8 Å². The van der Waals surface area contributed by atoms with E-state index in [0.717, 1.165) is 23.5 Å². The molecule has 0 atom stereocenters. The summed E-state index contributed by atoms with van der Waals surface area (Å²) in [6.07, 6.45) is 1.96. The number of rotatable bonds is 4. The summed E-state index contributed by atoms with van der Waals surface area (Å²) < 4.78 is 5.50. The van der Waals surface area contributed by atoms with Crippen molar-refractivity contribution in [1.82, 2.24) is 0 Å². The summed E-state index contributed by atoms with van der Waals surface area (Å²) >= 11 is 0. The van der Waals surface area contributed by atoms with Crippen LogP contribution in [0, 0.1) is 6.92 Å². The van der Waals surface area contributed by atoms with Crippen molar-refractivity contribution in [3.8, 4) is 0 Å². The van der Waals surface area contributed by atoms with Gasteiger partial charge < -0.3 is 10.1 Å². The maximum Gasteiger partial charge on any atom is 0.210 e. The lowest BCUT2D eigenvalue weighted by atomic mass is 10.1. The zero-order valence-electron chi connectivity index (χ0n) is 12.0. The second-order valence-electron chi connectivity index (χ2n) is 4.98. The normalized spacial score (nSPS) is 14.5. The van der Waals surface area contributed by atoms with E-state index < -0.39 is 0 Å². The second-order valence-corrected chi connectivity index (χ2v) is 4.98. The molecule has 0 aliphatic carbocycles. The Morgan fingerprint density at radius 1 is 1.10 bits per heavy atom. The van der Waals surface area contributed by atoms with Crippen molar-refractivity contribution in [3.63, 3.8) is 0 Å². The third kappa shape index (κ3) is 3.51. The molecule has 0 spiro atoms. The largest absolute Gasteiger partial charge is 0.476 e. The van der Waals surface area contributed by atoms with E-state index in [1.807, 2.05) is 36.4 Å². The fourth-order valence-electron chi connectivity index (χ4n) is 2.16. The molecular weight excluding hydrogens is 260 g/mol. The fraction of sp³-hybridized carbons (Fsp3) is 0.167. The van der Waals surface area contributed by atoms with Gasteiger partial charge in [0.05, 0.1) is 12.2 Å². The molecule has 0 saturated carbocycles. The Morgan fingerprint density at radius 3 is 2.52 bits per heavy atom. The van der Waals surface area contributed by atoms with Gasteiger partial charge in [-0.25, -0.2) is 4.99 Å². The highest BCUT2D eigenvalue weighted by molar-refractivity contribution is 5.98. The molecule has 2 aromatic rings. The maximum atomic E-state index is 5.50. The second kappa shape index (κ2) is 6.27. The topological polar surface area (TPSA) is 33.6 Å². The average Bonchev–Trinajstić information content (AvgIpc) is 3.01. The molecule has 0 amide bonds. The van der Waals surface area contributed by atoms with Gasteiger partial charge in [0, 0.05) is 11.8 Å². The summed E-state index contributed by atoms with van der Waals surface area (Å²) in [4.78, 5) is 4.34. The summed E-state index contributed by atoms with van der Waals surface area (Å²) in [7, 11) is 0. The standard InChI is InChI=1S/C18H18N2O/c1-14-7-9-15(10-8-14)17(13-18-19-11-12-21-18)20-16-5-3-2-4-6-16/h2-10,13,20H,11-12H2,1H3/b17-13-. The molecular formula is C18H18N2O. The van der Waals surface area contributed by atoms with Gasteiger partial charge in [-0.3, -0.25) is 0 Å². The van der Waals surface area contributed by atoms with Gasteiger partial charge in [-0.2, -0.15) is 0 Å². The lowest BCUT2D eigenvalue weighted by Gasteiger charge is -2.12. The smallest absolute Gasteiger partial charge is 0.210 e. The summed E-state index contributed by atoms with van der Waals surface area (Å²) in [5, 5.41) is 3.44. The van der Waals surface area contributed by atoms with Gasteiger partial charge in [-0.05, 0) is 24.6 Å². The monoisotopic (exact) mass is 278 g/mol. The first-order valence-electron chi connectivity index (χ1n) is 7.09. The third-order valence-corrected chi connectivity index (χ3v) is 3.29. The summed E-state index contributed by atoms with van der Waals surface area (Å²) in [5.74, 6) is 0.689. The quantitative estimate of drug-likeness (QED) is 0.921. The highest BCUT2D eigenvalue weighted by Crippen LogP contribution is 2.19. The molecule has 0 aromatic heterocycles. The van der Waals surface area contributed by atoms with Crippen molar-refractivity contribution >= 4 is 17.3 Å². The number of nitrogens with zero attached hydrogens (tertiary/aromatic N) is 1. The highest BCUT2D eigenvalue weighted by atomic mass is 16.5. The van der Waals surface area contributed by atoms with Gasteiger partial charge in [0.2, 0.25) is 5.90 Å². The highest BCUT2D eigenvalue weighted by Gasteiger charge is 2.08. The average molecular weight is 278 g/mol. The predicted octanol–water partition coefficient (Wildman–Crippen LogP) is 3.88. The van der Waals surface area contributed by atoms with E-state index in [1.54, 1.807) is 0 Å². The Hall–Kier alpha value is -2.55. The minimum absolute atomic E-state index is 0.665. The molecule has 106 valence electrons. The van der Waals surface area contributed by atoms with Crippen LogP contribution in [0.4, 0.5) is 5.69 Å². The molecule has 3 rings (SSSR count). The SMILES string of the molecule is Cc1ccc(/C(=C/C2=NCCO2)Nc2ccccc2)cc1. The molecule has 0 radical (unpaired) electrons. The molecule has 0 fully saturated rings. The van der Waals surface area contributed by atoms with Crippen molar-refractivity contribution in [2.24, 2.45) is 4.99 Å². The molecule has 0 unspecified atom stereocenters. The Labute approximate surface area is 125 Å². The van der Waals surface area contributed by atoms with Crippen LogP contribution in [-0.4, -0.2) is 19.0 Å². The van der Waals surface area contributed by atoms with Gasteiger partial charge >= 0.3 is 0 Å². The van der Waals surface area contributed by atoms with Crippen LogP contribution < -0.4 is 5.32 Å². The van der Waals surface area contributed by atoms with Gasteiger partial charge in [0.1, 0.15) is 6.61 Å². The lowest BCUT2D eigenvalue weighted by molar-refractivity contribution is 0.350. The number of hydrogen-bond donors (Lipinski definition) is 1. The van der Waals surface area contributed by atoms with Crippen LogP contribution in [0.2, 0.25) is 0 Å². The molecule has 3 heteroatoms. The zero-order chi connectivity index (χ0) is 14.5. The maximum absolute atomic E-state index is 5.50. The van der Waals surface area contributed by atoms with E-state index in [2.05, 4.69) is 41.5 Å². The van der Waals surface area contributed by atoms with Gasteiger partial charge in [0.25, 0.3) is 0 Å². The van der Waals surface area contributed by atoms with Crippen molar-refractivity contribution in [1.29, 1.82) is 0 Å². The first-order chi connectivity index (χ1) is 10.3. The van der Waals surface area contributed by atoms with Crippen LogP contribution >= 0.6 is 0 Å². The number of ether oxygens (including phenoxy) is 1. The molecule has 0 bridgehead atoms. The van der Waals surface area contributed by atoms with E-state index in [9.17, 15) is 0 Å². The Bertz CT molecular complexity index is 657. The first-order valence-corrected chi connectivity index (χ1v) is 7.09. The van der Waals surface area contributed by atoms with Crippen LogP contribution in [0.25, 0.3) is 5.70 Å². The number of anilines is 1. The van der Waals surface area contributed by atoms with Crippen LogP contribution in [0.15, 0.2) is 65.7 Å². The van der Waals surface area contributed by atoms with Crippen molar-refractivity contribution < 1.29 is 4.74 Å². The van der Waals surface area contributed by atoms with Crippen molar-refractivity contribution in [2.75, 3.05) is 18.5 Å². The Balaban J connectivity index is 1.92. The van der Waals surface area contributed by atoms with E-state index in [4.69, 9.17) is 4.74 Å². The number of aryl methyl sites for hydroxylation is 1. The summed E-state index contributed by atoms with van der Waals surface area (Å²) in [5.41, 5.74) is 4.39. The van der Waals surface area contributed by atoms with Crippen LogP contribution in [-0.2, 0) is 4.74 Å². The summed E-state index contributed by atoms with van der Waals surface area (Å²) in [6.45, 7) is 3.48. The molecule has 1 aliphatic heterocycles.